The molecule has 2 heterocycles. The van der Waals surface area contributed by atoms with Crippen LogP contribution in [0.2, 0.25) is 0 Å². The molecule has 2 aliphatic rings. The first-order valence-corrected chi connectivity index (χ1v) is 15.0. The van der Waals surface area contributed by atoms with Crippen LogP contribution in [0.3, 0.4) is 0 Å². The number of nitrogens with one attached hydrogen (secondary N) is 1. The molecular formula is C29H34N4O4S. The number of aromatic nitrogens is 2. The Bertz CT molecular complexity index is 1360. The smallest absolute Gasteiger partial charge is 0.410 e. The Labute approximate surface area is 224 Å². The number of ether oxygens (including phenoxy) is 2. The quantitative estimate of drug-likeness (QED) is 0.420. The molecule has 1 amide bonds. The molecule has 1 unspecified atom stereocenters. The summed E-state index contributed by atoms with van der Waals surface area (Å²) in [5, 5.41) is 2.89. The van der Waals surface area contributed by atoms with E-state index in [1.54, 1.807) is 36.4 Å². The number of hydrogen-bond acceptors (Lipinski definition) is 7. The first-order chi connectivity index (χ1) is 18.4. The number of benzene rings is 2. The number of amides is 1. The summed E-state index contributed by atoms with van der Waals surface area (Å²) in [6.07, 6.45) is 3.59. The van der Waals surface area contributed by atoms with Gasteiger partial charge < -0.3 is 14.4 Å². The van der Waals surface area contributed by atoms with Crippen molar-refractivity contribution in [1.29, 1.82) is 0 Å². The van der Waals surface area contributed by atoms with Crippen LogP contribution in [0, 0.1) is 0 Å². The topological polar surface area (TPSA) is 93.7 Å². The predicted octanol–water partition coefficient (Wildman–Crippen LogP) is 5.14. The third-order valence-corrected chi connectivity index (χ3v) is 9.54. The van der Waals surface area contributed by atoms with Gasteiger partial charge in [0.1, 0.15) is 11.6 Å². The minimum atomic E-state index is -2.31. The molecule has 0 spiro atoms. The van der Waals surface area contributed by atoms with Gasteiger partial charge in [-0.25, -0.2) is 14.8 Å². The van der Waals surface area contributed by atoms with E-state index in [0.29, 0.717) is 36.2 Å². The highest BCUT2D eigenvalue weighted by Crippen LogP contribution is 2.29. The predicted molar refractivity (Wildman–Crippen MR) is 152 cm³/mol. The van der Waals surface area contributed by atoms with Crippen LogP contribution >= 0.6 is 0 Å². The van der Waals surface area contributed by atoms with E-state index >= 15 is 0 Å². The summed E-state index contributed by atoms with van der Waals surface area (Å²) < 4.78 is 24.5. The molecular weight excluding hydrogens is 500 g/mol. The lowest BCUT2D eigenvalue weighted by atomic mass is 10.2. The van der Waals surface area contributed by atoms with Gasteiger partial charge in [-0.2, -0.15) is 0 Å². The Kier molecular flexibility index (Phi) is 7.95. The summed E-state index contributed by atoms with van der Waals surface area (Å²) in [5.74, 6) is 6.32. The minimum Gasteiger partial charge on any atom is -0.410 e. The molecule has 9 heteroatoms. The zero-order valence-corrected chi connectivity index (χ0v) is 22.5. The molecule has 1 saturated heterocycles. The molecule has 1 saturated carbocycles. The van der Waals surface area contributed by atoms with Crippen LogP contribution in [0.4, 0.5) is 16.3 Å². The number of morpholine rings is 1. The Morgan fingerprint density at radius 2 is 1.87 bits per heavy atom. The summed E-state index contributed by atoms with van der Waals surface area (Å²) in [4.78, 5) is 24.2. The SMILES string of the molecule is C=S(=O)(Cc1cc(N2CCOC[C@@H]2C)nc(-c2ccc(NC(=O)Oc3ccccc3)cc2)n1)C1CCCC1. The lowest BCUT2D eigenvalue weighted by Gasteiger charge is -2.34. The number of hydrogen-bond donors (Lipinski definition) is 1. The van der Waals surface area contributed by atoms with E-state index in [4.69, 9.17) is 19.4 Å². The number of nitrogens with zero attached hydrogens (tertiary/aromatic N) is 3. The van der Waals surface area contributed by atoms with Crippen LogP contribution in [0.15, 0.2) is 60.7 Å². The normalized spacial score (nSPS) is 19.6. The zero-order chi connectivity index (χ0) is 26.5. The number of carbonyl (C=O) groups excluding carboxylic acids is 1. The first-order valence-electron chi connectivity index (χ1n) is 13.1. The van der Waals surface area contributed by atoms with Crippen molar-refractivity contribution in [2.45, 2.75) is 49.7 Å². The highest BCUT2D eigenvalue weighted by Gasteiger charge is 2.26. The van der Waals surface area contributed by atoms with Crippen molar-refractivity contribution in [3.05, 3.63) is 66.4 Å². The highest BCUT2D eigenvalue weighted by atomic mass is 32.2. The van der Waals surface area contributed by atoms with E-state index in [1.807, 2.05) is 24.3 Å². The molecule has 200 valence electrons. The second-order valence-corrected chi connectivity index (χ2v) is 12.7. The molecule has 1 aliphatic heterocycles. The van der Waals surface area contributed by atoms with Crippen molar-refractivity contribution in [2.75, 3.05) is 30.0 Å². The van der Waals surface area contributed by atoms with Crippen molar-refractivity contribution in [2.24, 2.45) is 0 Å². The van der Waals surface area contributed by atoms with E-state index in [9.17, 15) is 9.00 Å². The van der Waals surface area contributed by atoms with Gasteiger partial charge in [-0.1, -0.05) is 31.0 Å². The van der Waals surface area contributed by atoms with Crippen LogP contribution in [0.25, 0.3) is 11.4 Å². The molecule has 8 nitrogen and oxygen atoms in total. The Morgan fingerprint density at radius 1 is 1.13 bits per heavy atom. The van der Waals surface area contributed by atoms with E-state index < -0.39 is 15.6 Å². The van der Waals surface area contributed by atoms with Crippen LogP contribution in [0.5, 0.6) is 5.75 Å². The number of para-hydroxylation sites is 1. The summed E-state index contributed by atoms with van der Waals surface area (Å²) >= 11 is 0. The summed E-state index contributed by atoms with van der Waals surface area (Å²) in [5.41, 5.74) is 2.13. The molecule has 3 aromatic rings. The molecule has 38 heavy (non-hydrogen) atoms. The van der Waals surface area contributed by atoms with E-state index in [0.717, 1.165) is 49.3 Å². The standard InChI is InChI=1S/C29H34N4O4S/c1-21-19-36-17-16-33(21)27-18-24(20-38(2,35)26-10-6-7-11-26)30-28(32-27)22-12-14-23(15-13-22)31-29(34)37-25-8-4-3-5-9-25/h3-5,8-9,12-15,18,21,26H,2,6-7,10-11,16-17,19-20H2,1H3,(H,31,34)/t21-,38?/m0/s1. The summed E-state index contributed by atoms with van der Waals surface area (Å²) in [6.45, 7) is 4.10. The average molecular weight is 535 g/mol. The first kappa shape index (κ1) is 26.2. The van der Waals surface area contributed by atoms with Gasteiger partial charge in [-0.05, 0) is 71.6 Å². The van der Waals surface area contributed by atoms with Gasteiger partial charge in [-0.3, -0.25) is 9.53 Å². The van der Waals surface area contributed by atoms with Crippen molar-refractivity contribution in [3.8, 4) is 17.1 Å². The van der Waals surface area contributed by atoms with Crippen LogP contribution < -0.4 is 15.0 Å². The van der Waals surface area contributed by atoms with Gasteiger partial charge in [0.25, 0.3) is 0 Å². The van der Waals surface area contributed by atoms with Gasteiger partial charge in [0.2, 0.25) is 0 Å². The van der Waals surface area contributed by atoms with Crippen molar-refractivity contribution < 1.29 is 18.5 Å². The van der Waals surface area contributed by atoms with Crippen molar-refractivity contribution in [3.63, 3.8) is 0 Å². The lowest BCUT2D eigenvalue weighted by Crippen LogP contribution is -2.44. The minimum absolute atomic E-state index is 0.146. The van der Waals surface area contributed by atoms with Crippen LogP contribution in [-0.4, -0.2) is 57.2 Å². The monoisotopic (exact) mass is 534 g/mol. The van der Waals surface area contributed by atoms with Crippen LogP contribution in [0.1, 0.15) is 38.3 Å². The second-order valence-electron chi connectivity index (χ2n) is 9.98. The van der Waals surface area contributed by atoms with Gasteiger partial charge in [0.05, 0.1) is 30.7 Å². The van der Waals surface area contributed by atoms with Gasteiger partial charge in [0.15, 0.2) is 5.82 Å². The molecule has 1 aromatic heterocycles. The Morgan fingerprint density at radius 3 is 2.58 bits per heavy atom. The van der Waals surface area contributed by atoms with Crippen molar-refractivity contribution in [1.82, 2.24) is 9.97 Å². The molecule has 0 bridgehead atoms. The largest absolute Gasteiger partial charge is 0.417 e. The summed E-state index contributed by atoms with van der Waals surface area (Å²) in [7, 11) is -2.31. The average Bonchev–Trinajstić information content (AvgIpc) is 3.46. The fourth-order valence-electron chi connectivity index (χ4n) is 5.03. The van der Waals surface area contributed by atoms with Crippen LogP contribution in [-0.2, 0) is 20.0 Å². The lowest BCUT2D eigenvalue weighted by molar-refractivity contribution is 0.0985. The fraction of sp³-hybridized carbons (Fsp3) is 0.379. The van der Waals surface area contributed by atoms with Crippen molar-refractivity contribution >= 4 is 33.0 Å². The fourth-order valence-corrected chi connectivity index (χ4v) is 7.11. The number of rotatable bonds is 7. The molecule has 2 atom stereocenters. The summed E-state index contributed by atoms with van der Waals surface area (Å²) in [6, 6.07) is 18.3. The molecule has 0 radical (unpaired) electrons. The number of anilines is 2. The second kappa shape index (κ2) is 11.5. The van der Waals surface area contributed by atoms with E-state index in [1.165, 1.54) is 0 Å². The third kappa shape index (κ3) is 6.34. The van der Waals surface area contributed by atoms with Gasteiger partial charge in [0, 0.05) is 29.1 Å². The molecule has 1 aliphatic carbocycles. The molecule has 2 aromatic carbocycles. The Hall–Kier alpha value is -3.43. The molecule has 2 fully saturated rings. The van der Waals surface area contributed by atoms with Gasteiger partial charge in [-0.15, -0.1) is 0 Å². The third-order valence-electron chi connectivity index (χ3n) is 7.07. The zero-order valence-electron chi connectivity index (χ0n) is 21.7. The Balaban J connectivity index is 1.39. The maximum atomic E-state index is 13.6. The highest BCUT2D eigenvalue weighted by molar-refractivity contribution is 8.00. The van der Waals surface area contributed by atoms with E-state index in [2.05, 4.69) is 23.0 Å². The maximum Gasteiger partial charge on any atom is 0.417 e. The maximum absolute atomic E-state index is 13.6. The van der Waals surface area contributed by atoms with Gasteiger partial charge >= 0.3 is 6.09 Å². The van der Waals surface area contributed by atoms with E-state index in [-0.39, 0.29) is 11.3 Å². The number of carbonyl (C=O) groups is 1. The molecule has 5 rings (SSSR count). The molecule has 1 N–H and O–H groups in total.